The topological polar surface area (TPSA) is 33.0 Å². The van der Waals surface area contributed by atoms with Gasteiger partial charge >= 0.3 is 0 Å². The summed E-state index contributed by atoms with van der Waals surface area (Å²) >= 11 is 0. The molecule has 1 aliphatic rings. The number of ether oxygens (including phenoxy) is 1. The predicted octanol–water partition coefficient (Wildman–Crippen LogP) is 3.32. The molecular formula is C14H17NO. The molecule has 2 heteroatoms. The molecule has 2 nitrogen and oxygen atoms in total. The quantitative estimate of drug-likeness (QED) is 0.771. The summed E-state index contributed by atoms with van der Waals surface area (Å²) in [5.41, 5.74) is 1.16. The molecule has 0 atom stereocenters. The molecule has 1 aromatic rings. The van der Waals surface area contributed by atoms with Crippen LogP contribution in [-0.4, -0.2) is 6.61 Å². The highest BCUT2D eigenvalue weighted by Crippen LogP contribution is 2.43. The van der Waals surface area contributed by atoms with Gasteiger partial charge in [0.05, 0.1) is 18.1 Å². The molecule has 0 bridgehead atoms. The zero-order valence-corrected chi connectivity index (χ0v) is 9.70. The van der Waals surface area contributed by atoms with Gasteiger partial charge in [-0.1, -0.05) is 18.6 Å². The molecule has 0 saturated heterocycles. The maximum Gasteiger partial charge on any atom is 0.119 e. The van der Waals surface area contributed by atoms with Crippen molar-refractivity contribution in [2.45, 2.75) is 32.6 Å². The third-order valence-corrected chi connectivity index (χ3v) is 3.32. The number of benzene rings is 1. The molecule has 0 spiro atoms. The van der Waals surface area contributed by atoms with E-state index in [1.807, 2.05) is 19.1 Å². The molecule has 0 aromatic heterocycles. The van der Waals surface area contributed by atoms with Crippen LogP contribution in [0.25, 0.3) is 0 Å². The Balaban J connectivity index is 2.02. The molecule has 1 aliphatic carbocycles. The van der Waals surface area contributed by atoms with Crippen molar-refractivity contribution >= 4 is 0 Å². The van der Waals surface area contributed by atoms with Crippen LogP contribution in [0.2, 0.25) is 0 Å². The van der Waals surface area contributed by atoms with Crippen molar-refractivity contribution in [3.05, 3.63) is 29.8 Å². The fourth-order valence-corrected chi connectivity index (χ4v) is 2.19. The molecule has 0 unspecified atom stereocenters. The standard InChI is InChI=1S/C14H17NO/c1-2-16-13-6-4-12(5-7-13)10-14(11-15)8-3-9-14/h4-7H,2-3,8-10H2,1H3. The lowest BCUT2D eigenvalue weighted by atomic mass is 9.66. The first-order valence-corrected chi connectivity index (χ1v) is 5.91. The lowest BCUT2D eigenvalue weighted by molar-refractivity contribution is 0.214. The Morgan fingerprint density at radius 2 is 2.00 bits per heavy atom. The summed E-state index contributed by atoms with van der Waals surface area (Å²) in [7, 11) is 0. The smallest absolute Gasteiger partial charge is 0.119 e. The van der Waals surface area contributed by atoms with E-state index in [4.69, 9.17) is 10.00 Å². The van der Waals surface area contributed by atoms with E-state index >= 15 is 0 Å². The fourth-order valence-electron chi connectivity index (χ4n) is 2.19. The van der Waals surface area contributed by atoms with Gasteiger partial charge in [0.15, 0.2) is 0 Å². The second-order valence-corrected chi connectivity index (χ2v) is 4.50. The van der Waals surface area contributed by atoms with Gasteiger partial charge in [0.2, 0.25) is 0 Å². The fraction of sp³-hybridized carbons (Fsp3) is 0.500. The predicted molar refractivity (Wildman–Crippen MR) is 63.2 cm³/mol. The summed E-state index contributed by atoms with van der Waals surface area (Å²) in [5.74, 6) is 0.908. The van der Waals surface area contributed by atoms with Crippen molar-refractivity contribution in [3.8, 4) is 11.8 Å². The molecule has 2 rings (SSSR count). The monoisotopic (exact) mass is 215 g/mol. The van der Waals surface area contributed by atoms with Crippen molar-refractivity contribution in [1.29, 1.82) is 5.26 Å². The van der Waals surface area contributed by atoms with E-state index in [9.17, 15) is 0 Å². The zero-order chi connectivity index (χ0) is 11.4. The minimum absolute atomic E-state index is 0.0763. The molecule has 0 aliphatic heterocycles. The summed E-state index contributed by atoms with van der Waals surface area (Å²) in [6.45, 7) is 2.68. The third kappa shape index (κ3) is 2.19. The van der Waals surface area contributed by atoms with Crippen LogP contribution in [-0.2, 0) is 6.42 Å². The van der Waals surface area contributed by atoms with Crippen LogP contribution in [0.4, 0.5) is 0 Å². The van der Waals surface area contributed by atoms with Gasteiger partial charge in [-0.25, -0.2) is 0 Å². The average molecular weight is 215 g/mol. The van der Waals surface area contributed by atoms with Gasteiger partial charge < -0.3 is 4.74 Å². The van der Waals surface area contributed by atoms with Gasteiger partial charge in [0.25, 0.3) is 0 Å². The second-order valence-electron chi connectivity index (χ2n) is 4.50. The first-order chi connectivity index (χ1) is 7.78. The minimum Gasteiger partial charge on any atom is -0.494 e. The number of nitriles is 1. The Labute approximate surface area is 96.9 Å². The molecule has 0 heterocycles. The second kappa shape index (κ2) is 4.57. The van der Waals surface area contributed by atoms with Crippen molar-refractivity contribution in [3.63, 3.8) is 0 Å². The molecule has 1 aromatic carbocycles. The summed E-state index contributed by atoms with van der Waals surface area (Å²) < 4.78 is 5.39. The van der Waals surface area contributed by atoms with Crippen LogP contribution in [0.15, 0.2) is 24.3 Å². The molecule has 0 radical (unpaired) electrons. The summed E-state index contributed by atoms with van der Waals surface area (Å²) in [6, 6.07) is 10.6. The highest BCUT2D eigenvalue weighted by molar-refractivity contribution is 5.29. The number of nitrogens with zero attached hydrogens (tertiary/aromatic N) is 1. The Hall–Kier alpha value is -1.49. The van der Waals surface area contributed by atoms with E-state index in [-0.39, 0.29) is 5.41 Å². The SMILES string of the molecule is CCOc1ccc(CC2(C#N)CCC2)cc1. The first kappa shape index (κ1) is 11.0. The lowest BCUT2D eigenvalue weighted by Crippen LogP contribution is -2.29. The van der Waals surface area contributed by atoms with Crippen LogP contribution in [0.3, 0.4) is 0 Å². The first-order valence-electron chi connectivity index (χ1n) is 5.91. The van der Waals surface area contributed by atoms with Crippen LogP contribution >= 0.6 is 0 Å². The van der Waals surface area contributed by atoms with E-state index < -0.39 is 0 Å². The van der Waals surface area contributed by atoms with Crippen LogP contribution in [0.5, 0.6) is 5.75 Å². The minimum atomic E-state index is -0.0763. The van der Waals surface area contributed by atoms with E-state index in [1.54, 1.807) is 0 Å². The number of hydrogen-bond donors (Lipinski definition) is 0. The van der Waals surface area contributed by atoms with E-state index in [2.05, 4.69) is 18.2 Å². The molecule has 1 fully saturated rings. The third-order valence-electron chi connectivity index (χ3n) is 3.32. The van der Waals surface area contributed by atoms with Crippen molar-refractivity contribution < 1.29 is 4.74 Å². The molecule has 16 heavy (non-hydrogen) atoms. The highest BCUT2D eigenvalue weighted by Gasteiger charge is 2.36. The van der Waals surface area contributed by atoms with E-state index in [1.165, 1.54) is 12.0 Å². The number of rotatable bonds is 4. The summed E-state index contributed by atoms with van der Waals surface area (Å²) in [4.78, 5) is 0. The van der Waals surface area contributed by atoms with Gasteiger partial charge in [0.1, 0.15) is 5.75 Å². The lowest BCUT2D eigenvalue weighted by Gasteiger charge is -2.35. The van der Waals surface area contributed by atoms with Crippen LogP contribution in [0.1, 0.15) is 31.7 Å². The van der Waals surface area contributed by atoms with E-state index in [0.29, 0.717) is 6.61 Å². The maximum absolute atomic E-state index is 9.16. The van der Waals surface area contributed by atoms with Crippen LogP contribution in [0, 0.1) is 16.7 Å². The Morgan fingerprint density at radius 1 is 1.31 bits per heavy atom. The molecule has 84 valence electrons. The van der Waals surface area contributed by atoms with Crippen LogP contribution < -0.4 is 4.74 Å². The maximum atomic E-state index is 9.16. The Bertz CT molecular complexity index is 384. The van der Waals surface area contributed by atoms with Gasteiger partial charge in [-0.15, -0.1) is 0 Å². The largest absolute Gasteiger partial charge is 0.494 e. The normalized spacial score (nSPS) is 17.2. The van der Waals surface area contributed by atoms with E-state index in [0.717, 1.165) is 25.0 Å². The molecule has 0 amide bonds. The van der Waals surface area contributed by atoms with Gasteiger partial charge in [-0.3, -0.25) is 0 Å². The summed E-state index contributed by atoms with van der Waals surface area (Å²) in [5, 5.41) is 9.16. The van der Waals surface area contributed by atoms with Gasteiger partial charge in [-0.2, -0.15) is 5.26 Å². The van der Waals surface area contributed by atoms with Crippen molar-refractivity contribution in [2.75, 3.05) is 6.61 Å². The van der Waals surface area contributed by atoms with Gasteiger partial charge in [0, 0.05) is 0 Å². The highest BCUT2D eigenvalue weighted by atomic mass is 16.5. The van der Waals surface area contributed by atoms with Gasteiger partial charge in [-0.05, 0) is 43.9 Å². The molecular weight excluding hydrogens is 198 g/mol. The van der Waals surface area contributed by atoms with Crippen molar-refractivity contribution in [1.82, 2.24) is 0 Å². The summed E-state index contributed by atoms with van der Waals surface area (Å²) in [6.07, 6.45) is 4.19. The number of hydrogen-bond acceptors (Lipinski definition) is 2. The Morgan fingerprint density at radius 3 is 2.44 bits per heavy atom. The molecule has 0 N–H and O–H groups in total. The van der Waals surface area contributed by atoms with Crippen molar-refractivity contribution in [2.24, 2.45) is 5.41 Å². The Kier molecular flexibility index (Phi) is 3.14. The molecule has 1 saturated carbocycles. The zero-order valence-electron chi connectivity index (χ0n) is 9.70. The average Bonchev–Trinajstić information content (AvgIpc) is 2.26.